The quantitative estimate of drug-likeness (QED) is 0.847. The lowest BCUT2D eigenvalue weighted by Gasteiger charge is -2.34. The Morgan fingerprint density at radius 2 is 1.67 bits per heavy atom. The molecule has 3 nitrogen and oxygen atoms in total. The minimum absolute atomic E-state index is 0.157. The van der Waals surface area contributed by atoms with Crippen molar-refractivity contribution in [3.8, 4) is 0 Å². The second-order valence-electron chi connectivity index (χ2n) is 4.85. The van der Waals surface area contributed by atoms with Crippen LogP contribution in [0.1, 0.15) is 5.56 Å². The lowest BCUT2D eigenvalue weighted by atomic mass is 10.2. The number of nitrogens with zero attached hydrogens (tertiary/aromatic N) is 2. The van der Waals surface area contributed by atoms with E-state index in [0.29, 0.717) is 0 Å². The van der Waals surface area contributed by atoms with E-state index in [4.69, 9.17) is 0 Å². The first-order valence-corrected chi connectivity index (χ1v) is 6.61. The van der Waals surface area contributed by atoms with Crippen molar-refractivity contribution >= 4 is 0 Å². The minimum atomic E-state index is -0.157. The number of benzene rings is 1. The Kier molecular flexibility index (Phi) is 5.11. The van der Waals surface area contributed by atoms with Gasteiger partial charge in [0, 0.05) is 45.8 Å². The summed E-state index contributed by atoms with van der Waals surface area (Å²) in [5.41, 5.74) is 1.19. The van der Waals surface area contributed by atoms with E-state index in [2.05, 4.69) is 15.1 Å². The van der Waals surface area contributed by atoms with E-state index in [0.717, 1.165) is 45.8 Å². The van der Waals surface area contributed by atoms with Gasteiger partial charge in [0.15, 0.2) is 0 Å². The van der Waals surface area contributed by atoms with E-state index in [1.54, 1.807) is 12.1 Å². The molecule has 0 amide bonds. The molecule has 4 heteroatoms. The molecule has 1 aliphatic heterocycles. The molecule has 1 saturated heterocycles. The van der Waals surface area contributed by atoms with Crippen molar-refractivity contribution in [2.45, 2.75) is 6.54 Å². The molecular formula is C14H22FN3. The molecule has 1 aromatic carbocycles. The Morgan fingerprint density at radius 1 is 1.06 bits per heavy atom. The van der Waals surface area contributed by atoms with Crippen LogP contribution >= 0.6 is 0 Å². The number of piperazine rings is 1. The van der Waals surface area contributed by atoms with Crippen molar-refractivity contribution < 1.29 is 4.39 Å². The Balaban J connectivity index is 1.74. The lowest BCUT2D eigenvalue weighted by molar-refractivity contribution is 0.128. The first-order chi connectivity index (χ1) is 8.78. The van der Waals surface area contributed by atoms with Crippen LogP contribution in [0.2, 0.25) is 0 Å². The van der Waals surface area contributed by atoms with E-state index in [9.17, 15) is 4.39 Å². The Hall–Kier alpha value is -0.970. The summed E-state index contributed by atoms with van der Waals surface area (Å²) in [7, 11) is 1.99. The first kappa shape index (κ1) is 13.5. The van der Waals surface area contributed by atoms with E-state index in [1.807, 2.05) is 19.2 Å². The van der Waals surface area contributed by atoms with Gasteiger partial charge in [0.25, 0.3) is 0 Å². The van der Waals surface area contributed by atoms with Gasteiger partial charge in [-0.05, 0) is 24.7 Å². The molecule has 1 heterocycles. The summed E-state index contributed by atoms with van der Waals surface area (Å²) in [6.07, 6.45) is 0. The van der Waals surface area contributed by atoms with Crippen molar-refractivity contribution in [3.05, 3.63) is 35.6 Å². The smallest absolute Gasteiger partial charge is 0.123 e. The Morgan fingerprint density at radius 3 is 2.28 bits per heavy atom. The zero-order chi connectivity index (χ0) is 12.8. The molecule has 0 atom stereocenters. The van der Waals surface area contributed by atoms with Crippen LogP contribution in [0.3, 0.4) is 0 Å². The van der Waals surface area contributed by atoms with Crippen LogP contribution in [0.15, 0.2) is 24.3 Å². The zero-order valence-corrected chi connectivity index (χ0v) is 11.0. The normalized spacial score (nSPS) is 18.1. The summed E-state index contributed by atoms with van der Waals surface area (Å²) in [6, 6.07) is 6.84. The largest absolute Gasteiger partial charge is 0.318 e. The predicted octanol–water partition coefficient (Wildman–Crippen LogP) is 1.16. The highest BCUT2D eigenvalue weighted by atomic mass is 19.1. The molecule has 1 fully saturated rings. The van der Waals surface area contributed by atoms with E-state index in [-0.39, 0.29) is 5.82 Å². The van der Waals surface area contributed by atoms with Gasteiger partial charge in [0.2, 0.25) is 0 Å². The molecule has 1 aromatic rings. The third-order valence-corrected chi connectivity index (χ3v) is 3.46. The summed E-state index contributed by atoms with van der Waals surface area (Å²) in [4.78, 5) is 4.92. The van der Waals surface area contributed by atoms with Gasteiger partial charge in [-0.3, -0.25) is 9.80 Å². The second-order valence-corrected chi connectivity index (χ2v) is 4.85. The molecule has 0 spiro atoms. The highest BCUT2D eigenvalue weighted by molar-refractivity contribution is 5.15. The molecule has 2 rings (SSSR count). The molecular weight excluding hydrogens is 229 g/mol. The maximum Gasteiger partial charge on any atom is 0.123 e. The van der Waals surface area contributed by atoms with Gasteiger partial charge in [-0.25, -0.2) is 4.39 Å². The molecule has 0 aliphatic carbocycles. The molecule has 0 saturated carbocycles. The fraction of sp³-hybridized carbons (Fsp3) is 0.571. The predicted molar refractivity (Wildman–Crippen MR) is 72.0 cm³/mol. The SMILES string of the molecule is CNCCN1CCN(Cc2ccc(F)cc2)CC1. The average molecular weight is 251 g/mol. The number of hydrogen-bond acceptors (Lipinski definition) is 3. The third kappa shape index (κ3) is 4.05. The fourth-order valence-corrected chi connectivity index (χ4v) is 2.29. The van der Waals surface area contributed by atoms with Crippen LogP contribution < -0.4 is 5.32 Å². The van der Waals surface area contributed by atoms with Crippen molar-refractivity contribution in [1.29, 1.82) is 0 Å². The topological polar surface area (TPSA) is 18.5 Å². The molecule has 0 bridgehead atoms. The molecule has 100 valence electrons. The maximum atomic E-state index is 12.8. The highest BCUT2D eigenvalue weighted by Gasteiger charge is 2.16. The molecule has 18 heavy (non-hydrogen) atoms. The van der Waals surface area contributed by atoms with Crippen LogP contribution in [-0.4, -0.2) is 56.1 Å². The maximum absolute atomic E-state index is 12.8. The lowest BCUT2D eigenvalue weighted by Crippen LogP contribution is -2.47. The van der Waals surface area contributed by atoms with Crippen molar-refractivity contribution in [1.82, 2.24) is 15.1 Å². The van der Waals surface area contributed by atoms with Crippen LogP contribution in [-0.2, 0) is 6.54 Å². The van der Waals surface area contributed by atoms with Gasteiger partial charge in [0.05, 0.1) is 0 Å². The molecule has 1 aliphatic rings. The number of hydrogen-bond donors (Lipinski definition) is 1. The summed E-state index contributed by atoms with van der Waals surface area (Å²) in [5.74, 6) is -0.157. The van der Waals surface area contributed by atoms with Gasteiger partial charge in [-0.1, -0.05) is 12.1 Å². The van der Waals surface area contributed by atoms with Crippen molar-refractivity contribution in [2.75, 3.05) is 46.3 Å². The monoisotopic (exact) mass is 251 g/mol. The Bertz CT molecular complexity index is 345. The molecule has 1 N–H and O–H groups in total. The van der Waals surface area contributed by atoms with Gasteiger partial charge in [-0.2, -0.15) is 0 Å². The Labute approximate surface area is 109 Å². The summed E-state index contributed by atoms with van der Waals surface area (Å²) >= 11 is 0. The standard InChI is InChI=1S/C14H22FN3/c1-16-6-7-17-8-10-18(11-9-17)12-13-2-4-14(15)5-3-13/h2-5,16H,6-12H2,1H3. The summed E-state index contributed by atoms with van der Waals surface area (Å²) < 4.78 is 12.8. The molecule has 0 unspecified atom stereocenters. The van der Waals surface area contributed by atoms with Crippen LogP contribution in [0.5, 0.6) is 0 Å². The number of likely N-dealkylation sites (N-methyl/N-ethyl adjacent to an activating group) is 1. The van der Waals surface area contributed by atoms with Gasteiger partial charge in [0.1, 0.15) is 5.82 Å². The van der Waals surface area contributed by atoms with Gasteiger partial charge < -0.3 is 5.32 Å². The molecule has 0 aromatic heterocycles. The van der Waals surface area contributed by atoms with E-state index in [1.165, 1.54) is 5.56 Å². The van der Waals surface area contributed by atoms with Gasteiger partial charge >= 0.3 is 0 Å². The fourth-order valence-electron chi connectivity index (χ4n) is 2.29. The summed E-state index contributed by atoms with van der Waals surface area (Å²) in [5, 5.41) is 3.18. The summed E-state index contributed by atoms with van der Waals surface area (Å²) in [6.45, 7) is 7.56. The second kappa shape index (κ2) is 6.83. The highest BCUT2D eigenvalue weighted by Crippen LogP contribution is 2.09. The zero-order valence-electron chi connectivity index (χ0n) is 11.0. The minimum Gasteiger partial charge on any atom is -0.318 e. The van der Waals surface area contributed by atoms with Crippen LogP contribution in [0, 0.1) is 5.82 Å². The van der Waals surface area contributed by atoms with Gasteiger partial charge in [-0.15, -0.1) is 0 Å². The van der Waals surface area contributed by atoms with E-state index < -0.39 is 0 Å². The van der Waals surface area contributed by atoms with Crippen LogP contribution in [0.4, 0.5) is 4.39 Å². The number of halogens is 1. The average Bonchev–Trinajstić information content (AvgIpc) is 2.41. The number of rotatable bonds is 5. The first-order valence-electron chi connectivity index (χ1n) is 6.61. The van der Waals surface area contributed by atoms with Crippen LogP contribution in [0.25, 0.3) is 0 Å². The number of nitrogens with one attached hydrogen (secondary N) is 1. The third-order valence-electron chi connectivity index (χ3n) is 3.46. The van der Waals surface area contributed by atoms with Crippen molar-refractivity contribution in [3.63, 3.8) is 0 Å². The van der Waals surface area contributed by atoms with Crippen molar-refractivity contribution in [2.24, 2.45) is 0 Å². The van der Waals surface area contributed by atoms with E-state index >= 15 is 0 Å². The molecule has 0 radical (unpaired) electrons.